The molecule has 1 N–H and O–H groups in total. The number of aromatic nitrogens is 1. The van der Waals surface area contributed by atoms with Gasteiger partial charge in [-0.15, -0.1) is 0 Å². The van der Waals surface area contributed by atoms with Crippen molar-refractivity contribution in [3.05, 3.63) is 40.2 Å². The summed E-state index contributed by atoms with van der Waals surface area (Å²) >= 11 is 0. The van der Waals surface area contributed by atoms with Crippen molar-refractivity contribution >= 4 is 5.91 Å². The number of carbonyl (C=O) groups is 1. The second-order valence-corrected chi connectivity index (χ2v) is 5.04. The molecule has 2 aromatic rings. The van der Waals surface area contributed by atoms with Crippen molar-refractivity contribution in [1.82, 2.24) is 10.5 Å². The van der Waals surface area contributed by atoms with Crippen molar-refractivity contribution in [3.8, 4) is 0 Å². The second-order valence-electron chi connectivity index (χ2n) is 5.04. The van der Waals surface area contributed by atoms with Crippen LogP contribution in [0.3, 0.4) is 0 Å². The van der Waals surface area contributed by atoms with Crippen LogP contribution in [-0.4, -0.2) is 11.1 Å². The van der Waals surface area contributed by atoms with Gasteiger partial charge in [-0.05, 0) is 40.2 Å². The van der Waals surface area contributed by atoms with E-state index in [9.17, 15) is 4.79 Å². The van der Waals surface area contributed by atoms with E-state index in [-0.39, 0.29) is 11.9 Å². The minimum absolute atomic E-state index is 0.126. The van der Waals surface area contributed by atoms with E-state index in [2.05, 4.69) is 10.5 Å². The van der Waals surface area contributed by atoms with Crippen LogP contribution in [0, 0.1) is 27.7 Å². The van der Waals surface area contributed by atoms with Crippen LogP contribution in [0.1, 0.15) is 58.3 Å². The Balaban J connectivity index is 2.23. The fourth-order valence-corrected chi connectivity index (χ4v) is 2.46. The molecule has 0 aliphatic rings. The van der Waals surface area contributed by atoms with Crippen molar-refractivity contribution in [2.45, 2.75) is 47.1 Å². The second kappa shape index (κ2) is 5.53. The summed E-state index contributed by atoms with van der Waals surface area (Å²) in [5.41, 5.74) is 2.59. The summed E-state index contributed by atoms with van der Waals surface area (Å²) < 4.78 is 10.6. The van der Waals surface area contributed by atoms with Gasteiger partial charge >= 0.3 is 0 Å². The Bertz CT molecular complexity index is 606. The first-order valence-corrected chi connectivity index (χ1v) is 6.74. The van der Waals surface area contributed by atoms with Gasteiger partial charge in [-0.3, -0.25) is 4.79 Å². The molecule has 2 rings (SSSR count). The highest BCUT2D eigenvalue weighted by molar-refractivity contribution is 5.93. The summed E-state index contributed by atoms with van der Waals surface area (Å²) in [6.45, 7) is 9.43. The molecule has 5 nitrogen and oxygen atoms in total. The van der Waals surface area contributed by atoms with Gasteiger partial charge in [0.2, 0.25) is 0 Å². The summed E-state index contributed by atoms with van der Waals surface area (Å²) in [6, 6.07) is 1.73. The molecule has 0 aliphatic heterocycles. The van der Waals surface area contributed by atoms with Gasteiger partial charge in [0.1, 0.15) is 11.5 Å². The van der Waals surface area contributed by atoms with Gasteiger partial charge < -0.3 is 14.3 Å². The van der Waals surface area contributed by atoms with Gasteiger partial charge in [-0.25, -0.2) is 0 Å². The smallest absolute Gasteiger partial charge is 0.287 e. The third kappa shape index (κ3) is 2.61. The number of amides is 1. The maximum Gasteiger partial charge on any atom is 0.287 e. The minimum atomic E-state index is -0.206. The number of hydrogen-bond donors (Lipinski definition) is 1. The topological polar surface area (TPSA) is 68.3 Å². The monoisotopic (exact) mass is 276 g/mol. The van der Waals surface area contributed by atoms with Gasteiger partial charge in [0.05, 0.1) is 11.7 Å². The fourth-order valence-electron chi connectivity index (χ4n) is 2.46. The number of hydrogen-bond acceptors (Lipinski definition) is 4. The molecule has 0 saturated carbocycles. The third-order valence-corrected chi connectivity index (χ3v) is 3.40. The third-order valence-electron chi connectivity index (χ3n) is 3.40. The van der Waals surface area contributed by atoms with E-state index < -0.39 is 0 Å². The molecule has 1 unspecified atom stereocenters. The molecule has 0 saturated heterocycles. The van der Waals surface area contributed by atoms with Gasteiger partial charge in [0.15, 0.2) is 5.76 Å². The van der Waals surface area contributed by atoms with Crippen LogP contribution in [0.4, 0.5) is 0 Å². The highest BCUT2D eigenvalue weighted by Gasteiger charge is 2.23. The molecule has 0 spiro atoms. The Kier molecular flexibility index (Phi) is 3.97. The van der Waals surface area contributed by atoms with E-state index in [1.807, 2.05) is 40.7 Å². The maximum atomic E-state index is 12.3. The van der Waals surface area contributed by atoms with E-state index in [1.165, 1.54) is 0 Å². The number of nitrogens with one attached hydrogen (secondary N) is 1. The van der Waals surface area contributed by atoms with Crippen molar-refractivity contribution in [3.63, 3.8) is 0 Å². The van der Waals surface area contributed by atoms with Crippen LogP contribution in [0.25, 0.3) is 0 Å². The molecule has 108 valence electrons. The van der Waals surface area contributed by atoms with Crippen molar-refractivity contribution in [2.24, 2.45) is 0 Å². The molecule has 20 heavy (non-hydrogen) atoms. The van der Waals surface area contributed by atoms with Crippen LogP contribution in [-0.2, 0) is 0 Å². The molecule has 1 amide bonds. The standard InChI is InChI=1S/C15H20N2O3/c1-6-12(13-10(4)17-20-11(13)5)16-15(18)14-8(2)7-9(3)19-14/h7,12H,6H2,1-5H3,(H,16,18). The lowest BCUT2D eigenvalue weighted by molar-refractivity contribution is 0.0905. The Morgan fingerprint density at radius 2 is 2.05 bits per heavy atom. The summed E-state index contributed by atoms with van der Waals surface area (Å²) in [6.07, 6.45) is 0.757. The lowest BCUT2D eigenvalue weighted by Crippen LogP contribution is -2.29. The minimum Gasteiger partial charge on any atom is -0.456 e. The van der Waals surface area contributed by atoms with Gasteiger partial charge in [-0.1, -0.05) is 12.1 Å². The zero-order valence-electron chi connectivity index (χ0n) is 12.5. The van der Waals surface area contributed by atoms with E-state index in [0.29, 0.717) is 5.76 Å². The largest absolute Gasteiger partial charge is 0.456 e. The van der Waals surface area contributed by atoms with Gasteiger partial charge in [0, 0.05) is 11.1 Å². The molecule has 0 fully saturated rings. The first kappa shape index (κ1) is 14.4. The van der Waals surface area contributed by atoms with Gasteiger partial charge in [0.25, 0.3) is 5.91 Å². The van der Waals surface area contributed by atoms with E-state index in [0.717, 1.165) is 34.8 Å². The predicted molar refractivity (Wildman–Crippen MR) is 74.7 cm³/mol. The SMILES string of the molecule is CCC(NC(=O)c1oc(C)cc1C)c1c(C)noc1C. The number of rotatable bonds is 4. The zero-order chi connectivity index (χ0) is 14.9. The highest BCUT2D eigenvalue weighted by atomic mass is 16.5. The molecule has 2 aromatic heterocycles. The van der Waals surface area contributed by atoms with Crippen molar-refractivity contribution in [2.75, 3.05) is 0 Å². The van der Waals surface area contributed by atoms with Crippen molar-refractivity contribution in [1.29, 1.82) is 0 Å². The molecule has 0 bridgehead atoms. The molecule has 5 heteroatoms. The lowest BCUT2D eigenvalue weighted by atomic mass is 10.0. The van der Waals surface area contributed by atoms with Crippen molar-refractivity contribution < 1.29 is 13.7 Å². The Morgan fingerprint density at radius 1 is 1.35 bits per heavy atom. The molecular formula is C15H20N2O3. The van der Waals surface area contributed by atoms with E-state index in [4.69, 9.17) is 8.94 Å². The maximum absolute atomic E-state index is 12.3. The highest BCUT2D eigenvalue weighted by Crippen LogP contribution is 2.25. The Labute approximate surface area is 118 Å². The van der Waals surface area contributed by atoms with Gasteiger partial charge in [-0.2, -0.15) is 0 Å². The number of carbonyl (C=O) groups excluding carboxylic acids is 1. The van der Waals surface area contributed by atoms with E-state index in [1.54, 1.807) is 0 Å². The first-order chi connectivity index (χ1) is 9.43. The van der Waals surface area contributed by atoms with Crippen LogP contribution >= 0.6 is 0 Å². The van der Waals surface area contributed by atoms with E-state index >= 15 is 0 Å². The summed E-state index contributed by atoms with van der Waals surface area (Å²) in [4.78, 5) is 12.3. The zero-order valence-corrected chi connectivity index (χ0v) is 12.5. The molecule has 0 radical (unpaired) electrons. The lowest BCUT2D eigenvalue weighted by Gasteiger charge is -2.16. The average molecular weight is 276 g/mol. The predicted octanol–water partition coefficient (Wildman–Crippen LogP) is 3.38. The molecule has 0 aliphatic carbocycles. The van der Waals surface area contributed by atoms with Crippen LogP contribution in [0.2, 0.25) is 0 Å². The molecule has 0 aromatic carbocycles. The Hall–Kier alpha value is -2.04. The summed E-state index contributed by atoms with van der Waals surface area (Å²) in [5, 5.41) is 6.93. The molecule has 2 heterocycles. The quantitative estimate of drug-likeness (QED) is 0.929. The van der Waals surface area contributed by atoms with Crippen LogP contribution in [0.5, 0.6) is 0 Å². The average Bonchev–Trinajstić information content (AvgIpc) is 2.90. The first-order valence-electron chi connectivity index (χ1n) is 6.74. The molecular weight excluding hydrogens is 256 g/mol. The molecule has 1 atom stereocenters. The number of furan rings is 1. The van der Waals surface area contributed by atoms with Crippen LogP contribution in [0.15, 0.2) is 15.0 Å². The number of nitrogens with zero attached hydrogens (tertiary/aromatic N) is 1. The summed E-state index contributed by atoms with van der Waals surface area (Å²) in [5.74, 6) is 1.63. The fraction of sp³-hybridized carbons (Fsp3) is 0.467. The Morgan fingerprint density at radius 3 is 2.50 bits per heavy atom. The number of aryl methyl sites for hydroxylation is 4. The van der Waals surface area contributed by atoms with Crippen LogP contribution < -0.4 is 5.32 Å². The normalized spacial score (nSPS) is 12.4. The summed E-state index contributed by atoms with van der Waals surface area (Å²) in [7, 11) is 0.